The summed E-state index contributed by atoms with van der Waals surface area (Å²) in [6.07, 6.45) is 5.45. The second kappa shape index (κ2) is 3.91. The molecule has 0 spiro atoms. The second-order valence-corrected chi connectivity index (χ2v) is 5.10. The van der Waals surface area contributed by atoms with Gasteiger partial charge in [-0.3, -0.25) is 4.98 Å². The van der Waals surface area contributed by atoms with E-state index in [9.17, 15) is 0 Å². The summed E-state index contributed by atoms with van der Waals surface area (Å²) >= 11 is 6.13. The van der Waals surface area contributed by atoms with Crippen LogP contribution in [0.5, 0.6) is 0 Å². The molecule has 84 valence electrons. The van der Waals surface area contributed by atoms with E-state index in [4.69, 9.17) is 11.6 Å². The van der Waals surface area contributed by atoms with E-state index in [1.165, 1.54) is 0 Å². The minimum absolute atomic E-state index is 0.00244. The summed E-state index contributed by atoms with van der Waals surface area (Å²) in [5.74, 6) is 0. The molecule has 2 aromatic heterocycles. The predicted molar refractivity (Wildman–Crippen MR) is 65.1 cm³/mol. The quantitative estimate of drug-likeness (QED) is 0.760. The van der Waals surface area contributed by atoms with Gasteiger partial charge in [-0.25, -0.2) is 4.68 Å². The van der Waals surface area contributed by atoms with Crippen LogP contribution in [0.2, 0.25) is 5.15 Å². The van der Waals surface area contributed by atoms with E-state index in [2.05, 4.69) is 30.9 Å². The minimum Gasteiger partial charge on any atom is -0.262 e. The van der Waals surface area contributed by atoms with Crippen LogP contribution in [0.3, 0.4) is 0 Å². The van der Waals surface area contributed by atoms with Crippen LogP contribution >= 0.6 is 11.6 Å². The SMILES string of the molecule is CC(C)(C)c1cn(-c2cccnc2)nc1Cl. The fourth-order valence-electron chi connectivity index (χ4n) is 1.48. The third kappa shape index (κ3) is 2.09. The monoisotopic (exact) mass is 235 g/mol. The van der Waals surface area contributed by atoms with E-state index in [1.54, 1.807) is 17.1 Å². The highest BCUT2D eigenvalue weighted by atomic mass is 35.5. The first-order chi connectivity index (χ1) is 7.48. The Labute approximate surface area is 100 Å². The summed E-state index contributed by atoms with van der Waals surface area (Å²) in [4.78, 5) is 4.06. The van der Waals surface area contributed by atoms with Crippen molar-refractivity contribution in [2.45, 2.75) is 26.2 Å². The normalized spacial score (nSPS) is 11.8. The first kappa shape index (κ1) is 11.1. The van der Waals surface area contributed by atoms with Crippen LogP contribution in [0, 0.1) is 0 Å². The van der Waals surface area contributed by atoms with Crippen LogP contribution in [0.4, 0.5) is 0 Å². The van der Waals surface area contributed by atoms with Crippen molar-refractivity contribution in [2.75, 3.05) is 0 Å². The molecule has 0 aromatic carbocycles. The molecule has 0 aliphatic heterocycles. The number of rotatable bonds is 1. The molecule has 0 fully saturated rings. The van der Waals surface area contributed by atoms with Crippen molar-refractivity contribution >= 4 is 11.6 Å². The number of aromatic nitrogens is 3. The van der Waals surface area contributed by atoms with Crippen LogP contribution in [0.1, 0.15) is 26.3 Å². The second-order valence-electron chi connectivity index (χ2n) is 4.74. The fourth-order valence-corrected chi connectivity index (χ4v) is 1.89. The number of nitrogens with zero attached hydrogens (tertiary/aromatic N) is 3. The van der Waals surface area contributed by atoms with Gasteiger partial charge in [-0.15, -0.1) is 0 Å². The third-order valence-corrected chi connectivity index (χ3v) is 2.67. The summed E-state index contributed by atoms with van der Waals surface area (Å²) < 4.78 is 1.76. The van der Waals surface area contributed by atoms with Gasteiger partial charge in [-0.1, -0.05) is 32.4 Å². The molecule has 3 nitrogen and oxygen atoms in total. The van der Waals surface area contributed by atoms with E-state index in [0.29, 0.717) is 5.15 Å². The van der Waals surface area contributed by atoms with Gasteiger partial charge in [0.15, 0.2) is 5.15 Å². The van der Waals surface area contributed by atoms with Gasteiger partial charge in [0, 0.05) is 18.0 Å². The molecule has 0 saturated heterocycles. The highest BCUT2D eigenvalue weighted by molar-refractivity contribution is 6.30. The Hall–Kier alpha value is -1.35. The molecular weight excluding hydrogens is 222 g/mol. The Morgan fingerprint density at radius 1 is 1.31 bits per heavy atom. The highest BCUT2D eigenvalue weighted by Crippen LogP contribution is 2.29. The maximum absolute atomic E-state index is 6.13. The Morgan fingerprint density at radius 2 is 2.06 bits per heavy atom. The van der Waals surface area contributed by atoms with Gasteiger partial charge in [0.2, 0.25) is 0 Å². The smallest absolute Gasteiger partial charge is 0.155 e. The van der Waals surface area contributed by atoms with Crippen molar-refractivity contribution in [1.82, 2.24) is 14.8 Å². The Morgan fingerprint density at radius 3 is 2.56 bits per heavy atom. The lowest BCUT2D eigenvalue weighted by atomic mass is 9.90. The molecule has 2 heterocycles. The van der Waals surface area contributed by atoms with Crippen LogP contribution in [-0.2, 0) is 5.41 Å². The first-order valence-electron chi connectivity index (χ1n) is 5.14. The molecule has 4 heteroatoms. The Balaban J connectivity index is 2.47. The average Bonchev–Trinajstić information content (AvgIpc) is 2.61. The van der Waals surface area contributed by atoms with Gasteiger partial charge in [0.05, 0.1) is 11.9 Å². The summed E-state index contributed by atoms with van der Waals surface area (Å²) in [6.45, 7) is 6.34. The zero-order valence-electron chi connectivity index (χ0n) is 9.61. The molecule has 0 aliphatic rings. The van der Waals surface area contributed by atoms with E-state index < -0.39 is 0 Å². The Kier molecular flexibility index (Phi) is 2.72. The fraction of sp³-hybridized carbons (Fsp3) is 0.333. The average molecular weight is 236 g/mol. The molecule has 0 radical (unpaired) electrons. The molecule has 16 heavy (non-hydrogen) atoms. The van der Waals surface area contributed by atoms with Gasteiger partial charge in [0.25, 0.3) is 0 Å². The molecule has 0 N–H and O–H groups in total. The van der Waals surface area contributed by atoms with Crippen LogP contribution < -0.4 is 0 Å². The predicted octanol–water partition coefficient (Wildman–Crippen LogP) is 3.22. The van der Waals surface area contributed by atoms with Crippen molar-refractivity contribution in [1.29, 1.82) is 0 Å². The molecule has 0 bridgehead atoms. The standard InChI is InChI=1S/C12H14ClN3/c1-12(2,3)10-8-16(15-11(10)13)9-5-4-6-14-7-9/h4-8H,1-3H3. The molecular formula is C12H14ClN3. The van der Waals surface area contributed by atoms with Crippen molar-refractivity contribution in [3.05, 3.63) is 41.4 Å². The number of hydrogen-bond donors (Lipinski definition) is 0. The van der Waals surface area contributed by atoms with Gasteiger partial charge in [-0.2, -0.15) is 5.10 Å². The maximum Gasteiger partial charge on any atom is 0.155 e. The lowest BCUT2D eigenvalue weighted by molar-refractivity contribution is 0.590. The lowest BCUT2D eigenvalue weighted by Gasteiger charge is -2.15. The van der Waals surface area contributed by atoms with Gasteiger partial charge in [-0.05, 0) is 17.5 Å². The molecule has 2 aromatic rings. The topological polar surface area (TPSA) is 30.7 Å². The van der Waals surface area contributed by atoms with Crippen molar-refractivity contribution in [3.63, 3.8) is 0 Å². The summed E-state index contributed by atoms with van der Waals surface area (Å²) in [5.41, 5.74) is 1.95. The molecule has 0 saturated carbocycles. The van der Waals surface area contributed by atoms with Crippen molar-refractivity contribution in [3.8, 4) is 5.69 Å². The molecule has 0 atom stereocenters. The number of hydrogen-bond acceptors (Lipinski definition) is 2. The third-order valence-electron chi connectivity index (χ3n) is 2.39. The van der Waals surface area contributed by atoms with Crippen molar-refractivity contribution < 1.29 is 0 Å². The zero-order valence-corrected chi connectivity index (χ0v) is 10.4. The van der Waals surface area contributed by atoms with E-state index in [-0.39, 0.29) is 5.41 Å². The largest absolute Gasteiger partial charge is 0.262 e. The molecule has 0 aliphatic carbocycles. The number of halogens is 1. The highest BCUT2D eigenvalue weighted by Gasteiger charge is 2.20. The van der Waals surface area contributed by atoms with E-state index in [1.807, 2.05) is 18.3 Å². The van der Waals surface area contributed by atoms with Crippen LogP contribution in [0.15, 0.2) is 30.7 Å². The maximum atomic E-state index is 6.13. The zero-order chi connectivity index (χ0) is 11.8. The van der Waals surface area contributed by atoms with Gasteiger partial charge >= 0.3 is 0 Å². The van der Waals surface area contributed by atoms with Crippen molar-refractivity contribution in [2.24, 2.45) is 0 Å². The first-order valence-corrected chi connectivity index (χ1v) is 5.52. The lowest BCUT2D eigenvalue weighted by Crippen LogP contribution is -2.10. The molecule has 2 rings (SSSR count). The summed E-state index contributed by atoms with van der Waals surface area (Å²) in [5, 5.41) is 4.84. The van der Waals surface area contributed by atoms with Crippen LogP contribution in [0.25, 0.3) is 5.69 Å². The van der Waals surface area contributed by atoms with Gasteiger partial charge < -0.3 is 0 Å². The minimum atomic E-state index is -0.00244. The van der Waals surface area contributed by atoms with Crippen LogP contribution in [-0.4, -0.2) is 14.8 Å². The van der Waals surface area contributed by atoms with E-state index >= 15 is 0 Å². The molecule has 0 amide bonds. The summed E-state index contributed by atoms with van der Waals surface area (Å²) in [7, 11) is 0. The van der Waals surface area contributed by atoms with Gasteiger partial charge in [0.1, 0.15) is 0 Å². The number of pyridine rings is 1. The van der Waals surface area contributed by atoms with E-state index in [0.717, 1.165) is 11.3 Å². The Bertz CT molecular complexity index is 483. The summed E-state index contributed by atoms with van der Waals surface area (Å²) in [6, 6.07) is 3.82. The molecule has 0 unspecified atom stereocenters.